The van der Waals surface area contributed by atoms with Gasteiger partial charge in [0.25, 0.3) is 0 Å². The van der Waals surface area contributed by atoms with Crippen LogP contribution in [0, 0.1) is 5.82 Å². The maximum Gasteiger partial charge on any atom is 0.243 e. The topological polar surface area (TPSA) is 49.4 Å². The van der Waals surface area contributed by atoms with Crippen LogP contribution in [0.15, 0.2) is 72.8 Å². The zero-order valence-corrected chi connectivity index (χ0v) is 21.7. The Hall–Kier alpha value is -2.54. The van der Waals surface area contributed by atoms with Crippen LogP contribution in [0.25, 0.3) is 0 Å². The molecule has 184 valence electrons. The molecular formula is C27H27Cl2FN2O2S. The van der Waals surface area contributed by atoms with Crippen LogP contribution in [-0.2, 0) is 28.3 Å². The highest BCUT2D eigenvalue weighted by atomic mass is 35.5. The Labute approximate surface area is 219 Å². The normalized spacial score (nSPS) is 11.7. The first-order valence-electron chi connectivity index (χ1n) is 11.3. The van der Waals surface area contributed by atoms with E-state index in [9.17, 15) is 14.0 Å². The second-order valence-corrected chi connectivity index (χ2v) is 9.71. The van der Waals surface area contributed by atoms with Crippen molar-refractivity contribution in [2.75, 3.05) is 12.3 Å². The fourth-order valence-corrected chi connectivity index (χ4v) is 5.06. The van der Waals surface area contributed by atoms with E-state index < -0.39 is 6.04 Å². The third-order valence-corrected chi connectivity index (χ3v) is 7.13. The number of nitrogens with zero attached hydrogens (tertiary/aromatic N) is 1. The van der Waals surface area contributed by atoms with Crippen molar-refractivity contribution in [2.24, 2.45) is 0 Å². The van der Waals surface area contributed by atoms with Gasteiger partial charge in [-0.1, -0.05) is 77.8 Å². The molecule has 3 aromatic carbocycles. The van der Waals surface area contributed by atoms with Crippen LogP contribution >= 0.6 is 35.0 Å². The predicted molar refractivity (Wildman–Crippen MR) is 142 cm³/mol. The number of thioether (sulfide) groups is 1. The number of nitrogens with one attached hydrogen (secondary N) is 1. The van der Waals surface area contributed by atoms with Gasteiger partial charge in [0.05, 0.1) is 5.75 Å². The van der Waals surface area contributed by atoms with Crippen LogP contribution in [-0.4, -0.2) is 35.1 Å². The van der Waals surface area contributed by atoms with Crippen LogP contribution in [0.4, 0.5) is 4.39 Å². The first-order chi connectivity index (χ1) is 16.9. The lowest BCUT2D eigenvalue weighted by atomic mass is 10.0. The van der Waals surface area contributed by atoms with Crippen molar-refractivity contribution in [3.8, 4) is 0 Å². The summed E-state index contributed by atoms with van der Waals surface area (Å²) in [5.41, 5.74) is 2.02. The van der Waals surface area contributed by atoms with E-state index in [0.29, 0.717) is 39.9 Å². The summed E-state index contributed by atoms with van der Waals surface area (Å²) < 4.78 is 14.0. The molecule has 3 rings (SSSR count). The lowest BCUT2D eigenvalue weighted by Crippen LogP contribution is -2.51. The minimum Gasteiger partial charge on any atom is -0.355 e. The van der Waals surface area contributed by atoms with Crippen LogP contribution < -0.4 is 5.32 Å². The van der Waals surface area contributed by atoms with Crippen LogP contribution in [0.5, 0.6) is 0 Å². The zero-order chi connectivity index (χ0) is 25.2. The van der Waals surface area contributed by atoms with Crippen molar-refractivity contribution in [3.63, 3.8) is 0 Å². The fraction of sp³-hybridized carbons (Fsp3) is 0.259. The Morgan fingerprint density at radius 2 is 1.63 bits per heavy atom. The molecule has 4 nitrogen and oxygen atoms in total. The number of likely N-dealkylation sites (N-methyl/N-ethyl adjacent to an activating group) is 1. The highest BCUT2D eigenvalue weighted by Crippen LogP contribution is 2.28. The summed E-state index contributed by atoms with van der Waals surface area (Å²) in [6, 6.07) is 20.4. The van der Waals surface area contributed by atoms with Gasteiger partial charge in [-0.3, -0.25) is 9.59 Å². The molecule has 8 heteroatoms. The van der Waals surface area contributed by atoms with E-state index >= 15 is 0 Å². The van der Waals surface area contributed by atoms with Gasteiger partial charge < -0.3 is 10.2 Å². The molecule has 1 atom stereocenters. The first kappa shape index (κ1) is 27.1. The SMILES string of the molecule is CCNC(=O)[C@@H](Cc1ccccc1)N(Cc1c(Cl)cccc1Cl)C(=O)CSCc1ccccc1F. The van der Waals surface area contributed by atoms with E-state index in [1.54, 1.807) is 36.4 Å². The number of amides is 2. The van der Waals surface area contributed by atoms with Crippen molar-refractivity contribution < 1.29 is 14.0 Å². The van der Waals surface area contributed by atoms with Gasteiger partial charge in [0.15, 0.2) is 0 Å². The highest BCUT2D eigenvalue weighted by Gasteiger charge is 2.31. The third-order valence-electron chi connectivity index (χ3n) is 5.45. The smallest absolute Gasteiger partial charge is 0.243 e. The summed E-state index contributed by atoms with van der Waals surface area (Å²) >= 11 is 14.1. The van der Waals surface area contributed by atoms with Gasteiger partial charge in [0.2, 0.25) is 11.8 Å². The summed E-state index contributed by atoms with van der Waals surface area (Å²) in [7, 11) is 0. The average Bonchev–Trinajstić information content (AvgIpc) is 2.85. The lowest BCUT2D eigenvalue weighted by molar-refractivity contribution is -0.139. The molecule has 35 heavy (non-hydrogen) atoms. The van der Waals surface area contributed by atoms with Crippen LogP contribution in [0.2, 0.25) is 10.0 Å². The van der Waals surface area contributed by atoms with Gasteiger partial charge in [0.1, 0.15) is 11.9 Å². The summed E-state index contributed by atoms with van der Waals surface area (Å²) in [6.07, 6.45) is 0.332. The molecule has 0 bridgehead atoms. The molecule has 0 heterocycles. The molecule has 0 fully saturated rings. The molecule has 1 N–H and O–H groups in total. The highest BCUT2D eigenvalue weighted by molar-refractivity contribution is 7.99. The molecule has 2 amide bonds. The van der Waals surface area contributed by atoms with Crippen molar-refractivity contribution in [3.05, 3.63) is 105 Å². The van der Waals surface area contributed by atoms with Crippen molar-refractivity contribution in [1.82, 2.24) is 10.2 Å². The zero-order valence-electron chi connectivity index (χ0n) is 19.3. The molecule has 0 aliphatic heterocycles. The van der Waals surface area contributed by atoms with E-state index in [-0.39, 0.29) is 29.9 Å². The molecule has 0 radical (unpaired) electrons. The van der Waals surface area contributed by atoms with E-state index in [1.165, 1.54) is 22.7 Å². The Morgan fingerprint density at radius 3 is 2.29 bits per heavy atom. The van der Waals surface area contributed by atoms with E-state index in [2.05, 4.69) is 5.32 Å². The maximum absolute atomic E-state index is 14.0. The Morgan fingerprint density at radius 1 is 0.971 bits per heavy atom. The van der Waals surface area contributed by atoms with Crippen LogP contribution in [0.3, 0.4) is 0 Å². The third kappa shape index (κ3) is 7.72. The number of hydrogen-bond donors (Lipinski definition) is 1. The second kappa shape index (κ2) is 13.5. The molecule has 0 unspecified atom stereocenters. The van der Waals surface area contributed by atoms with Gasteiger partial charge in [-0.15, -0.1) is 11.8 Å². The summed E-state index contributed by atoms with van der Waals surface area (Å²) in [5.74, 6) is -0.414. The van der Waals surface area contributed by atoms with Gasteiger partial charge in [-0.25, -0.2) is 4.39 Å². The van der Waals surface area contributed by atoms with E-state index in [0.717, 1.165) is 5.56 Å². The van der Waals surface area contributed by atoms with Gasteiger partial charge >= 0.3 is 0 Å². The molecule has 0 saturated carbocycles. The average molecular weight is 533 g/mol. The molecule has 0 spiro atoms. The van der Waals surface area contributed by atoms with E-state index in [1.807, 2.05) is 37.3 Å². The molecular weight excluding hydrogens is 506 g/mol. The Bertz CT molecular complexity index is 1130. The van der Waals surface area contributed by atoms with Crippen molar-refractivity contribution in [1.29, 1.82) is 0 Å². The monoisotopic (exact) mass is 532 g/mol. The molecule has 0 aliphatic rings. The fourth-order valence-electron chi connectivity index (χ4n) is 3.65. The van der Waals surface area contributed by atoms with Crippen molar-refractivity contribution in [2.45, 2.75) is 31.7 Å². The van der Waals surface area contributed by atoms with Crippen LogP contribution in [0.1, 0.15) is 23.6 Å². The van der Waals surface area contributed by atoms with E-state index in [4.69, 9.17) is 23.2 Å². The van der Waals surface area contributed by atoms with Crippen molar-refractivity contribution >= 4 is 46.8 Å². The molecule has 0 aliphatic carbocycles. The molecule has 3 aromatic rings. The lowest BCUT2D eigenvalue weighted by Gasteiger charge is -2.32. The number of carbonyl (C=O) groups is 2. The maximum atomic E-state index is 14.0. The predicted octanol–water partition coefficient (Wildman–Crippen LogP) is 6.14. The summed E-state index contributed by atoms with van der Waals surface area (Å²) in [5, 5.41) is 3.69. The standard InChI is InChI=1S/C27H27Cl2FN2O2S/c1-2-31-27(34)25(15-19-9-4-3-5-10-19)32(16-21-22(28)12-8-13-23(21)29)26(33)18-35-17-20-11-6-7-14-24(20)30/h3-14,25H,2,15-18H2,1H3,(H,31,34)/t25-/m1/s1. The molecule has 0 aromatic heterocycles. The summed E-state index contributed by atoms with van der Waals surface area (Å²) in [4.78, 5) is 28.2. The summed E-state index contributed by atoms with van der Waals surface area (Å²) in [6.45, 7) is 2.34. The largest absolute Gasteiger partial charge is 0.355 e. The second-order valence-electron chi connectivity index (χ2n) is 7.91. The molecule has 0 saturated heterocycles. The number of carbonyl (C=O) groups excluding carboxylic acids is 2. The minimum atomic E-state index is -0.772. The van der Waals surface area contributed by atoms with Gasteiger partial charge in [0, 0.05) is 40.9 Å². The quantitative estimate of drug-likeness (QED) is 0.322. The number of benzene rings is 3. The Kier molecular flexibility index (Phi) is 10.5. The first-order valence-corrected chi connectivity index (χ1v) is 13.2. The number of hydrogen-bond acceptors (Lipinski definition) is 3. The van der Waals surface area contributed by atoms with Gasteiger partial charge in [-0.05, 0) is 36.2 Å². The van der Waals surface area contributed by atoms with Gasteiger partial charge in [-0.2, -0.15) is 0 Å². The Balaban J connectivity index is 1.88. The number of halogens is 3. The number of rotatable bonds is 11. The minimum absolute atomic E-state index is 0.0705.